The maximum Gasteiger partial charge on any atom is 0.342 e. The summed E-state index contributed by atoms with van der Waals surface area (Å²) in [4.78, 5) is 7.69. The Kier molecular flexibility index (Phi) is 2.47. The lowest BCUT2D eigenvalue weighted by Crippen LogP contribution is -2.03. The molecule has 0 aromatic carbocycles. The Balaban J connectivity index is 2.85. The monoisotopic (exact) mass is 167 g/mol. The molecule has 3 radical (unpaired) electrons. The molecule has 0 aliphatic heterocycles. The molecule has 0 fully saturated rings. The van der Waals surface area contributed by atoms with Gasteiger partial charge in [0.1, 0.15) is 5.69 Å². The summed E-state index contributed by atoms with van der Waals surface area (Å²) in [5, 5.41) is 0.282. The maximum atomic E-state index is 4.75. The van der Waals surface area contributed by atoms with Gasteiger partial charge >= 0.3 is 10.5 Å². The van der Waals surface area contributed by atoms with Crippen LogP contribution in [0, 0.1) is 0 Å². The fraction of sp³-hybridized carbons (Fsp3) is 0. The number of hydrogen-bond acceptors (Lipinski definition) is 4. The van der Waals surface area contributed by atoms with Crippen LogP contribution in [0.15, 0.2) is 18.6 Å². The number of nitrogens with zero attached hydrogens (tertiary/aromatic N) is 2. The van der Waals surface area contributed by atoms with Crippen LogP contribution in [0.5, 0.6) is 0 Å². The zero-order chi connectivity index (χ0) is 7.40. The Morgan fingerprint density at radius 2 is 2.40 bits per heavy atom. The highest BCUT2D eigenvalue weighted by molar-refractivity contribution is 7.80. The van der Waals surface area contributed by atoms with E-state index in [2.05, 4.69) is 24.9 Å². The first-order valence-corrected chi connectivity index (χ1v) is 3.30. The summed E-state index contributed by atoms with van der Waals surface area (Å²) >= 11 is 4.75. The van der Waals surface area contributed by atoms with Crippen LogP contribution in [0.1, 0.15) is 5.69 Å². The Morgan fingerprint density at radius 1 is 1.60 bits per heavy atom. The summed E-state index contributed by atoms with van der Waals surface area (Å²) in [5.41, 5.74) is 0.549. The van der Waals surface area contributed by atoms with Gasteiger partial charge in [0.05, 0.1) is 6.20 Å². The van der Waals surface area contributed by atoms with Gasteiger partial charge in [-0.2, -0.15) is 0 Å². The van der Waals surface area contributed by atoms with Crippen molar-refractivity contribution in [1.29, 1.82) is 0 Å². The summed E-state index contributed by atoms with van der Waals surface area (Å²) in [6.45, 7) is 0. The molecule has 10 heavy (non-hydrogen) atoms. The second kappa shape index (κ2) is 3.38. The summed E-state index contributed by atoms with van der Waals surface area (Å²) in [5.74, 6) is 0. The second-order valence-electron chi connectivity index (χ2n) is 1.48. The van der Waals surface area contributed by atoms with Gasteiger partial charge in [0.25, 0.3) is 0 Å². The van der Waals surface area contributed by atoms with Crippen LogP contribution < -0.4 is 0 Å². The molecule has 5 heteroatoms. The summed E-state index contributed by atoms with van der Waals surface area (Å²) in [6, 6.07) is 0. The molecule has 0 bridgehead atoms. The van der Waals surface area contributed by atoms with Crippen molar-refractivity contribution in [3.63, 3.8) is 0 Å². The highest BCUT2D eigenvalue weighted by Crippen LogP contribution is 1.93. The molecule has 0 saturated heterocycles. The lowest BCUT2D eigenvalue weighted by molar-refractivity contribution is 0.628. The normalized spacial score (nSPS) is 8.90. The van der Waals surface area contributed by atoms with Gasteiger partial charge in [0, 0.05) is 12.4 Å². The first-order valence-electron chi connectivity index (χ1n) is 2.48. The topological polar surface area (TPSA) is 35.0 Å². The van der Waals surface area contributed by atoms with Gasteiger partial charge in [-0.25, -0.2) is 4.98 Å². The van der Waals surface area contributed by atoms with Crippen molar-refractivity contribution in [2.75, 3.05) is 0 Å². The molecule has 0 atom stereocenters. The van der Waals surface area contributed by atoms with Crippen molar-refractivity contribution in [3.05, 3.63) is 24.3 Å². The zero-order valence-corrected chi connectivity index (χ0v) is 6.76. The highest BCUT2D eigenvalue weighted by atomic mass is 32.1. The van der Waals surface area contributed by atoms with E-state index in [4.69, 9.17) is 12.2 Å². The molecule has 1 rings (SSSR count). The third-order valence-corrected chi connectivity index (χ3v) is 1.51. The number of aromatic nitrogens is 2. The molecule has 0 saturated carbocycles. The molecule has 0 unspecified atom stereocenters. The number of thiocarbonyl (C=S) groups is 1. The van der Waals surface area contributed by atoms with E-state index < -0.39 is 0 Å². The van der Waals surface area contributed by atoms with Gasteiger partial charge in [-0.15, -0.1) is 0 Å². The molecule has 0 amide bonds. The van der Waals surface area contributed by atoms with E-state index in [0.717, 1.165) is 0 Å². The third kappa shape index (κ3) is 1.58. The van der Waals surface area contributed by atoms with E-state index in [1.807, 2.05) is 0 Å². The standard InChI is InChI=1S/C5H3N2OSSi/c9-5(8-10)4-3-6-1-2-7-4/h1-3H. The Morgan fingerprint density at radius 3 is 2.90 bits per heavy atom. The van der Waals surface area contributed by atoms with E-state index in [9.17, 15) is 0 Å². The molecule has 0 N–H and O–H groups in total. The van der Waals surface area contributed by atoms with Crippen LogP contribution in [0.3, 0.4) is 0 Å². The van der Waals surface area contributed by atoms with Crippen molar-refractivity contribution in [2.45, 2.75) is 0 Å². The number of hydrogen-bond donors (Lipinski definition) is 0. The van der Waals surface area contributed by atoms with E-state index >= 15 is 0 Å². The minimum Gasteiger partial charge on any atom is -0.531 e. The van der Waals surface area contributed by atoms with Crippen molar-refractivity contribution in [3.8, 4) is 0 Å². The van der Waals surface area contributed by atoms with E-state index in [1.54, 1.807) is 12.4 Å². The fourth-order valence-corrected chi connectivity index (χ4v) is 0.667. The SMILES string of the molecule is [Si]OC(=S)c1cnccn1. The largest absolute Gasteiger partial charge is 0.531 e. The van der Waals surface area contributed by atoms with E-state index in [1.165, 1.54) is 6.20 Å². The van der Waals surface area contributed by atoms with E-state index in [0.29, 0.717) is 5.69 Å². The highest BCUT2D eigenvalue weighted by Gasteiger charge is 1.98. The van der Waals surface area contributed by atoms with Gasteiger partial charge in [-0.1, -0.05) is 0 Å². The number of rotatable bonds is 1. The quantitative estimate of drug-likeness (QED) is 0.444. The van der Waals surface area contributed by atoms with Crippen molar-refractivity contribution in [1.82, 2.24) is 9.97 Å². The summed E-state index contributed by atoms with van der Waals surface area (Å²) in [6.07, 6.45) is 4.65. The second-order valence-corrected chi connectivity index (χ2v) is 2.06. The first-order chi connectivity index (χ1) is 4.84. The van der Waals surface area contributed by atoms with Crippen molar-refractivity contribution < 1.29 is 4.43 Å². The van der Waals surface area contributed by atoms with Crippen molar-refractivity contribution >= 4 is 27.8 Å². The van der Waals surface area contributed by atoms with Gasteiger partial charge in [-0.3, -0.25) is 4.98 Å². The van der Waals surface area contributed by atoms with Crippen LogP contribution in [0.4, 0.5) is 0 Å². The Hall–Kier alpha value is -0.813. The minimum absolute atomic E-state index is 0.282. The smallest absolute Gasteiger partial charge is 0.342 e. The maximum absolute atomic E-state index is 4.75. The lowest BCUT2D eigenvalue weighted by Gasteiger charge is -1.97. The van der Waals surface area contributed by atoms with Crippen LogP contribution in [-0.4, -0.2) is 25.5 Å². The van der Waals surface area contributed by atoms with Crippen LogP contribution >= 0.6 is 12.2 Å². The molecule has 1 aromatic rings. The third-order valence-electron chi connectivity index (χ3n) is 0.865. The van der Waals surface area contributed by atoms with Gasteiger partial charge in [0.15, 0.2) is 5.05 Å². The fourth-order valence-electron chi connectivity index (χ4n) is 0.457. The lowest BCUT2D eigenvalue weighted by atomic mass is 10.5. The van der Waals surface area contributed by atoms with E-state index in [-0.39, 0.29) is 5.05 Å². The van der Waals surface area contributed by atoms with Crippen LogP contribution in [-0.2, 0) is 4.43 Å². The molecule has 1 aromatic heterocycles. The van der Waals surface area contributed by atoms with Crippen LogP contribution in [0.2, 0.25) is 0 Å². The zero-order valence-electron chi connectivity index (χ0n) is 4.94. The molecule has 0 spiro atoms. The molecule has 1 heterocycles. The average molecular weight is 167 g/mol. The average Bonchev–Trinajstić information content (AvgIpc) is 2.05. The molecule has 49 valence electrons. The minimum atomic E-state index is 0.282. The molecular formula is C5H3N2OSSi. The summed E-state index contributed by atoms with van der Waals surface area (Å²) < 4.78 is 4.57. The first kappa shape index (κ1) is 7.30. The van der Waals surface area contributed by atoms with Crippen LogP contribution in [0.25, 0.3) is 0 Å². The Labute approximate surface area is 67.0 Å². The van der Waals surface area contributed by atoms with Gasteiger partial charge in [0.2, 0.25) is 0 Å². The molecule has 0 aliphatic carbocycles. The summed E-state index contributed by atoms with van der Waals surface area (Å²) in [7, 11) is 2.79. The van der Waals surface area contributed by atoms with Gasteiger partial charge in [-0.05, 0) is 12.2 Å². The molecular weight excluding hydrogens is 164 g/mol. The predicted octanol–water partition coefficient (Wildman–Crippen LogP) is 0.252. The predicted molar refractivity (Wildman–Crippen MR) is 40.6 cm³/mol. The Bertz CT molecular complexity index is 228. The van der Waals surface area contributed by atoms with Gasteiger partial charge < -0.3 is 4.43 Å². The van der Waals surface area contributed by atoms with Crippen molar-refractivity contribution in [2.24, 2.45) is 0 Å². The molecule has 3 nitrogen and oxygen atoms in total. The molecule has 0 aliphatic rings.